The fourth-order valence-corrected chi connectivity index (χ4v) is 2.20. The number of hydrogen-bond acceptors (Lipinski definition) is 4. The molecule has 2 rings (SSSR count). The highest BCUT2D eigenvalue weighted by atomic mass is 16.5. The van der Waals surface area contributed by atoms with E-state index in [9.17, 15) is 4.79 Å². The van der Waals surface area contributed by atoms with Crippen molar-refractivity contribution in [2.45, 2.75) is 18.9 Å². The molecule has 4 nitrogen and oxygen atoms in total. The molecule has 0 heterocycles. The van der Waals surface area contributed by atoms with Gasteiger partial charge in [-0.2, -0.15) is 0 Å². The summed E-state index contributed by atoms with van der Waals surface area (Å²) >= 11 is 0. The van der Waals surface area contributed by atoms with E-state index in [0.717, 1.165) is 24.2 Å². The van der Waals surface area contributed by atoms with E-state index in [1.165, 1.54) is 7.11 Å². The van der Waals surface area contributed by atoms with Crippen LogP contribution in [-0.2, 0) is 9.53 Å². The predicted octanol–water partition coefficient (Wildman–Crippen LogP) is 1.65. The average Bonchev–Trinajstić information content (AvgIpc) is 3.18. The van der Waals surface area contributed by atoms with Crippen LogP contribution >= 0.6 is 0 Å². The summed E-state index contributed by atoms with van der Waals surface area (Å²) in [5, 5.41) is 0. The van der Waals surface area contributed by atoms with Crippen molar-refractivity contribution in [3.63, 3.8) is 0 Å². The van der Waals surface area contributed by atoms with Crippen LogP contribution < -0.4 is 10.5 Å². The monoisotopic (exact) mass is 235 g/mol. The summed E-state index contributed by atoms with van der Waals surface area (Å²) in [5.74, 6) is 0.492. The SMILES string of the molecule is COC(=O)C1(C(N)c2ccccc2OC)CC1. The van der Waals surface area contributed by atoms with Crippen molar-refractivity contribution in [3.05, 3.63) is 29.8 Å². The lowest BCUT2D eigenvalue weighted by atomic mass is 9.90. The first-order valence-electron chi connectivity index (χ1n) is 5.62. The smallest absolute Gasteiger partial charge is 0.313 e. The Morgan fingerprint density at radius 1 is 1.35 bits per heavy atom. The van der Waals surface area contributed by atoms with E-state index < -0.39 is 5.41 Å². The lowest BCUT2D eigenvalue weighted by Crippen LogP contribution is -2.31. The van der Waals surface area contributed by atoms with Gasteiger partial charge in [-0.1, -0.05) is 18.2 Å². The molecular formula is C13H17NO3. The van der Waals surface area contributed by atoms with Crippen LogP contribution in [0.4, 0.5) is 0 Å². The third-order valence-corrected chi connectivity index (χ3v) is 3.45. The molecule has 1 atom stereocenters. The van der Waals surface area contributed by atoms with E-state index >= 15 is 0 Å². The fourth-order valence-electron chi connectivity index (χ4n) is 2.20. The molecule has 1 unspecified atom stereocenters. The second kappa shape index (κ2) is 4.37. The Kier molecular flexibility index (Phi) is 3.07. The van der Waals surface area contributed by atoms with Crippen LogP contribution in [0.1, 0.15) is 24.4 Å². The zero-order valence-electron chi connectivity index (χ0n) is 10.1. The fraction of sp³-hybridized carbons (Fsp3) is 0.462. The Balaban J connectivity index is 2.31. The number of carbonyl (C=O) groups excluding carboxylic acids is 1. The van der Waals surface area contributed by atoms with Crippen molar-refractivity contribution >= 4 is 5.97 Å². The van der Waals surface area contributed by atoms with Crippen LogP contribution in [0, 0.1) is 5.41 Å². The van der Waals surface area contributed by atoms with Gasteiger partial charge in [-0.25, -0.2) is 0 Å². The summed E-state index contributed by atoms with van der Waals surface area (Å²) in [6.07, 6.45) is 1.55. The molecule has 2 N–H and O–H groups in total. The third-order valence-electron chi connectivity index (χ3n) is 3.45. The van der Waals surface area contributed by atoms with Crippen LogP contribution in [0.5, 0.6) is 5.75 Å². The normalized spacial score (nSPS) is 18.3. The first-order chi connectivity index (χ1) is 8.15. The molecular weight excluding hydrogens is 218 g/mol. The second-order valence-electron chi connectivity index (χ2n) is 4.37. The van der Waals surface area contributed by atoms with Crippen molar-refractivity contribution in [2.24, 2.45) is 11.1 Å². The van der Waals surface area contributed by atoms with E-state index in [4.69, 9.17) is 15.2 Å². The lowest BCUT2D eigenvalue weighted by Gasteiger charge is -2.22. The van der Waals surface area contributed by atoms with Gasteiger partial charge >= 0.3 is 5.97 Å². The number of para-hydroxylation sites is 1. The maximum atomic E-state index is 11.8. The van der Waals surface area contributed by atoms with Gasteiger partial charge in [-0.3, -0.25) is 4.79 Å². The Morgan fingerprint density at radius 2 is 2.00 bits per heavy atom. The van der Waals surface area contributed by atoms with Gasteiger partial charge in [0.15, 0.2) is 0 Å². The molecule has 17 heavy (non-hydrogen) atoms. The number of ether oxygens (including phenoxy) is 2. The van der Waals surface area contributed by atoms with Gasteiger partial charge in [0.25, 0.3) is 0 Å². The van der Waals surface area contributed by atoms with Gasteiger partial charge in [0.2, 0.25) is 0 Å². The van der Waals surface area contributed by atoms with Gasteiger partial charge in [-0.05, 0) is 18.9 Å². The molecule has 0 amide bonds. The third kappa shape index (κ3) is 1.89. The maximum Gasteiger partial charge on any atom is 0.313 e. The van der Waals surface area contributed by atoms with E-state index in [1.54, 1.807) is 7.11 Å². The van der Waals surface area contributed by atoms with Crippen LogP contribution in [0.15, 0.2) is 24.3 Å². The summed E-state index contributed by atoms with van der Waals surface area (Å²) in [4.78, 5) is 11.8. The lowest BCUT2D eigenvalue weighted by molar-refractivity contribution is -0.148. The van der Waals surface area contributed by atoms with Crippen LogP contribution in [-0.4, -0.2) is 20.2 Å². The molecule has 0 spiro atoms. The number of rotatable bonds is 4. The van der Waals surface area contributed by atoms with E-state index in [-0.39, 0.29) is 12.0 Å². The Labute approximate surface area is 101 Å². The van der Waals surface area contributed by atoms with Gasteiger partial charge in [0, 0.05) is 11.6 Å². The van der Waals surface area contributed by atoms with Crippen molar-refractivity contribution in [1.29, 1.82) is 0 Å². The van der Waals surface area contributed by atoms with E-state index in [1.807, 2.05) is 24.3 Å². The molecule has 0 saturated heterocycles. The van der Waals surface area contributed by atoms with Crippen molar-refractivity contribution in [1.82, 2.24) is 0 Å². The zero-order chi connectivity index (χ0) is 12.5. The minimum absolute atomic E-state index is 0.226. The largest absolute Gasteiger partial charge is 0.496 e. The highest BCUT2D eigenvalue weighted by Gasteiger charge is 2.56. The van der Waals surface area contributed by atoms with Crippen molar-refractivity contribution in [3.8, 4) is 5.75 Å². The topological polar surface area (TPSA) is 61.5 Å². The number of methoxy groups -OCH3 is 2. The number of hydrogen-bond donors (Lipinski definition) is 1. The Bertz CT molecular complexity index is 426. The summed E-state index contributed by atoms with van der Waals surface area (Å²) < 4.78 is 10.1. The molecule has 1 fully saturated rings. The van der Waals surface area contributed by atoms with Gasteiger partial charge < -0.3 is 15.2 Å². The highest BCUT2D eigenvalue weighted by molar-refractivity contribution is 5.81. The number of benzene rings is 1. The zero-order valence-corrected chi connectivity index (χ0v) is 10.1. The number of carbonyl (C=O) groups is 1. The molecule has 1 aromatic carbocycles. The van der Waals surface area contributed by atoms with Crippen LogP contribution in [0.2, 0.25) is 0 Å². The molecule has 1 saturated carbocycles. The Morgan fingerprint density at radius 3 is 2.53 bits per heavy atom. The molecule has 1 aliphatic rings. The van der Waals surface area contributed by atoms with E-state index in [0.29, 0.717) is 0 Å². The molecule has 4 heteroatoms. The quantitative estimate of drug-likeness (QED) is 0.806. The first-order valence-corrected chi connectivity index (χ1v) is 5.62. The average molecular weight is 235 g/mol. The van der Waals surface area contributed by atoms with Crippen molar-refractivity contribution < 1.29 is 14.3 Å². The molecule has 1 aromatic rings. The summed E-state index contributed by atoms with van der Waals surface area (Å²) in [6.45, 7) is 0. The first kappa shape index (κ1) is 11.9. The highest BCUT2D eigenvalue weighted by Crippen LogP contribution is 2.55. The summed E-state index contributed by atoms with van der Waals surface area (Å²) in [7, 11) is 3.00. The van der Waals surface area contributed by atoms with E-state index in [2.05, 4.69) is 0 Å². The van der Waals surface area contributed by atoms with Crippen LogP contribution in [0.25, 0.3) is 0 Å². The molecule has 0 aromatic heterocycles. The second-order valence-corrected chi connectivity index (χ2v) is 4.37. The molecule has 0 bridgehead atoms. The standard InChI is InChI=1S/C13H17NO3/c1-16-10-6-4-3-5-9(10)11(14)13(7-8-13)12(15)17-2/h3-6,11H,7-8,14H2,1-2H3. The predicted molar refractivity (Wildman–Crippen MR) is 63.6 cm³/mol. The minimum Gasteiger partial charge on any atom is -0.496 e. The summed E-state index contributed by atoms with van der Waals surface area (Å²) in [5.41, 5.74) is 6.51. The number of esters is 1. The minimum atomic E-state index is -0.552. The molecule has 1 aliphatic carbocycles. The van der Waals surface area contributed by atoms with Gasteiger partial charge in [-0.15, -0.1) is 0 Å². The number of nitrogens with two attached hydrogens (primary N) is 1. The molecule has 0 radical (unpaired) electrons. The summed E-state index contributed by atoms with van der Waals surface area (Å²) in [6, 6.07) is 7.15. The maximum absolute atomic E-state index is 11.8. The molecule has 0 aliphatic heterocycles. The van der Waals surface area contributed by atoms with Crippen molar-refractivity contribution in [2.75, 3.05) is 14.2 Å². The van der Waals surface area contributed by atoms with Crippen LogP contribution in [0.3, 0.4) is 0 Å². The van der Waals surface area contributed by atoms with Gasteiger partial charge in [0.1, 0.15) is 5.75 Å². The molecule has 92 valence electrons. The van der Waals surface area contributed by atoms with Gasteiger partial charge in [0.05, 0.1) is 19.6 Å². The Hall–Kier alpha value is -1.55.